The number of pyridine rings is 1. The van der Waals surface area contributed by atoms with E-state index in [0.717, 1.165) is 5.56 Å². The van der Waals surface area contributed by atoms with Gasteiger partial charge in [-0.05, 0) is 108 Å². The van der Waals surface area contributed by atoms with Crippen molar-refractivity contribution in [3.63, 3.8) is 0 Å². The highest BCUT2D eigenvalue weighted by Gasteiger charge is 2.44. The Kier molecular flexibility index (Phi) is 25.6. The molecule has 7 amide bonds. The van der Waals surface area contributed by atoms with Crippen LogP contribution in [0.1, 0.15) is 112 Å². The predicted octanol–water partition coefficient (Wildman–Crippen LogP) is -0.124. The molecule has 3 aromatic rings. The maximum Gasteiger partial charge on any atom is 0.326 e. The number of aliphatic carboxylic acids is 1. The fourth-order valence-corrected chi connectivity index (χ4v) is 10.1. The van der Waals surface area contributed by atoms with Crippen LogP contribution in [0.2, 0.25) is 0 Å². The van der Waals surface area contributed by atoms with E-state index in [2.05, 4.69) is 47.1 Å². The minimum Gasteiger partial charge on any atom is -0.480 e. The number of anilines is 1. The van der Waals surface area contributed by atoms with Crippen molar-refractivity contribution in [1.29, 1.82) is 0 Å². The number of hydrazone groups is 1. The number of rotatable bonds is 32. The van der Waals surface area contributed by atoms with Crippen LogP contribution in [0.25, 0.3) is 0 Å². The fraction of sp³-hybridized carbons (Fsp3) is 0.500. The highest BCUT2D eigenvalue weighted by molar-refractivity contribution is 7.86. The Balaban J connectivity index is 1.11. The number of unbranched alkanes of at least 4 members (excludes halogenated alkanes) is 3. The smallest absolute Gasteiger partial charge is 0.326 e. The number of aliphatic imine (C=N–C) groups is 1. The molecule has 82 heavy (non-hydrogen) atoms. The topological polar surface area (TPSA) is 426 Å². The standard InChI is InChI=1S/C54H76N14O13S/c1-34(69)46(50(74)62-38(18-9-10-26-55)51(75)68-30-14-21-42(68)52(76)67-29-13-20-41(67)49(73)63-39(53(77)78)19-12-28-59-54(56)57)65-45(70)23-6-3-11-27-58-48(72)40(31-35-15-4-2-5-16-35)64-47(71)37-24-25-44(60-32-37)66-61-33-36-17-7-8-22-43(36)82(79,80)81/h2,4-5,7-8,15-17,22,24-25,32-34,38-42,46,69H,3,6,9-14,18-21,23,26-31,55H2,1H3,(H,58,72)(H,60,66)(H,62,74)(H,63,73)(H,64,71)(H,65,70)(H,77,78)(H4,56,57,59)(H,79,80,81)/b61-33+/t34?,38-,39+,40-,41-,42-,46-/m0/s1. The zero-order valence-corrected chi connectivity index (χ0v) is 46.6. The summed E-state index contributed by atoms with van der Waals surface area (Å²) >= 11 is 0. The molecule has 2 aliphatic heterocycles. The number of carbonyl (C=O) groups excluding carboxylic acids is 7. The molecule has 3 heterocycles. The second-order valence-electron chi connectivity index (χ2n) is 20.0. The molecule has 2 aromatic carbocycles. The zero-order valence-electron chi connectivity index (χ0n) is 45.8. The van der Waals surface area contributed by atoms with Crippen LogP contribution in [0, 0.1) is 0 Å². The van der Waals surface area contributed by atoms with Gasteiger partial charge >= 0.3 is 5.97 Å². The van der Waals surface area contributed by atoms with Crippen LogP contribution >= 0.6 is 0 Å². The van der Waals surface area contributed by atoms with Crippen molar-refractivity contribution in [1.82, 2.24) is 41.4 Å². The number of nitrogens with zero attached hydrogens (tertiary/aromatic N) is 5. The van der Waals surface area contributed by atoms with Gasteiger partial charge in [-0.1, -0.05) is 55.0 Å². The summed E-state index contributed by atoms with van der Waals surface area (Å²) in [5, 5.41) is 37.9. The summed E-state index contributed by atoms with van der Waals surface area (Å²) in [7, 11) is -4.49. The van der Waals surface area contributed by atoms with Crippen LogP contribution in [0.3, 0.4) is 0 Å². The van der Waals surface area contributed by atoms with Gasteiger partial charge in [-0.3, -0.25) is 48.5 Å². The van der Waals surface area contributed by atoms with E-state index >= 15 is 0 Å². The van der Waals surface area contributed by atoms with Crippen molar-refractivity contribution < 1.29 is 61.5 Å². The van der Waals surface area contributed by atoms with E-state index in [4.69, 9.17) is 17.2 Å². The molecule has 5 rings (SSSR count). The molecule has 446 valence electrons. The molecule has 28 heteroatoms. The van der Waals surface area contributed by atoms with Crippen LogP contribution < -0.4 is 49.2 Å². The summed E-state index contributed by atoms with van der Waals surface area (Å²) in [6.07, 6.45) is 5.32. The number of nitrogens with one attached hydrogen (secondary N) is 6. The van der Waals surface area contributed by atoms with Crippen LogP contribution in [0.15, 0.2) is 87.9 Å². The SMILES string of the molecule is CC(O)[C@H](NC(=O)CCCCCNC(=O)[C@H](Cc1ccccc1)NC(=O)c1ccc(N/N=C/c2ccccc2S(=O)(=O)O)nc1)C(=O)N[C@@H](CCCCN)C(=O)N1CCC[C@H]1C(=O)N1CCC[C@H]1C(=O)N[C@H](CCCN=C(N)N)C(=O)O. The summed E-state index contributed by atoms with van der Waals surface area (Å²) in [4.78, 5) is 118. The van der Waals surface area contributed by atoms with Gasteiger partial charge in [0.15, 0.2) is 5.96 Å². The first-order chi connectivity index (χ1) is 39.2. The first kappa shape index (κ1) is 64.7. The summed E-state index contributed by atoms with van der Waals surface area (Å²) in [5.41, 5.74) is 20.1. The van der Waals surface area contributed by atoms with Crippen molar-refractivity contribution in [3.8, 4) is 0 Å². The highest BCUT2D eigenvalue weighted by atomic mass is 32.2. The third-order valence-electron chi connectivity index (χ3n) is 13.8. The number of carboxylic acids is 1. The van der Waals surface area contributed by atoms with Crippen molar-refractivity contribution in [2.24, 2.45) is 27.3 Å². The molecule has 27 nitrogen and oxygen atoms in total. The molecule has 0 saturated carbocycles. The minimum atomic E-state index is -4.49. The molecule has 0 radical (unpaired) electrons. The number of likely N-dealkylation sites (tertiary alicyclic amines) is 2. The van der Waals surface area contributed by atoms with Gasteiger partial charge in [0, 0.05) is 50.8 Å². The lowest BCUT2D eigenvalue weighted by Crippen LogP contribution is -2.59. The van der Waals surface area contributed by atoms with Crippen molar-refractivity contribution in [2.45, 2.75) is 144 Å². The molecule has 2 aliphatic rings. The second kappa shape index (κ2) is 32.4. The van der Waals surface area contributed by atoms with E-state index in [9.17, 15) is 61.5 Å². The van der Waals surface area contributed by atoms with Crippen LogP contribution in [0.4, 0.5) is 5.82 Å². The normalized spacial score (nSPS) is 16.9. The molecular weight excluding hydrogens is 1080 g/mol. The van der Waals surface area contributed by atoms with Gasteiger partial charge in [0.25, 0.3) is 16.0 Å². The van der Waals surface area contributed by atoms with Gasteiger partial charge in [0.1, 0.15) is 47.0 Å². The molecular formula is C54H76N14O13S. The largest absolute Gasteiger partial charge is 0.480 e. The maximum atomic E-state index is 14.3. The van der Waals surface area contributed by atoms with Crippen molar-refractivity contribution in [2.75, 3.05) is 38.1 Å². The van der Waals surface area contributed by atoms with Crippen LogP contribution in [-0.2, 0) is 50.1 Å². The van der Waals surface area contributed by atoms with E-state index in [-0.39, 0.29) is 98.9 Å². The number of hydrogen-bond acceptors (Lipinski definition) is 16. The predicted molar refractivity (Wildman–Crippen MR) is 302 cm³/mol. The Morgan fingerprint density at radius 1 is 0.780 bits per heavy atom. The van der Waals surface area contributed by atoms with Crippen LogP contribution in [0.5, 0.6) is 0 Å². The van der Waals surface area contributed by atoms with Gasteiger partial charge in [0.05, 0.1) is 17.9 Å². The monoisotopic (exact) mass is 1160 g/mol. The highest BCUT2D eigenvalue weighted by Crippen LogP contribution is 2.27. The third kappa shape index (κ3) is 20.2. The second-order valence-corrected chi connectivity index (χ2v) is 21.4. The first-order valence-electron chi connectivity index (χ1n) is 27.3. The molecule has 2 saturated heterocycles. The third-order valence-corrected chi connectivity index (χ3v) is 14.7. The number of aliphatic hydroxyl groups excluding tert-OH is 1. The molecule has 0 aliphatic carbocycles. The zero-order chi connectivity index (χ0) is 59.8. The Morgan fingerprint density at radius 3 is 2.15 bits per heavy atom. The summed E-state index contributed by atoms with van der Waals surface area (Å²) in [6.45, 7) is 2.37. The molecule has 0 spiro atoms. The molecule has 15 N–H and O–H groups in total. The molecule has 7 atom stereocenters. The number of hydrogen-bond donors (Lipinski definition) is 12. The van der Waals surface area contributed by atoms with E-state index in [1.807, 2.05) is 18.2 Å². The Labute approximate surface area is 475 Å². The van der Waals surface area contributed by atoms with Gasteiger partial charge in [-0.25, -0.2) is 9.78 Å². The lowest BCUT2D eigenvalue weighted by atomic mass is 10.0. The number of aliphatic hydroxyl groups is 1. The van der Waals surface area contributed by atoms with E-state index in [0.29, 0.717) is 51.5 Å². The van der Waals surface area contributed by atoms with Gasteiger partial charge in [-0.15, -0.1) is 0 Å². The number of carbonyl (C=O) groups is 8. The van der Waals surface area contributed by atoms with Crippen molar-refractivity contribution >= 4 is 75.4 Å². The van der Waals surface area contributed by atoms with Crippen molar-refractivity contribution in [3.05, 3.63) is 89.6 Å². The number of amides is 7. The minimum absolute atomic E-state index is 0.0394. The molecule has 1 aromatic heterocycles. The van der Waals surface area contributed by atoms with E-state index in [1.54, 1.807) is 18.2 Å². The van der Waals surface area contributed by atoms with Gasteiger partial charge < -0.3 is 63.8 Å². The molecule has 0 bridgehead atoms. The summed E-state index contributed by atoms with van der Waals surface area (Å²) < 4.78 is 32.9. The average molecular weight is 1160 g/mol. The Bertz CT molecular complexity index is 2840. The number of aromatic nitrogens is 1. The molecule has 1 unspecified atom stereocenters. The lowest BCUT2D eigenvalue weighted by molar-refractivity contribution is -0.149. The Morgan fingerprint density at radius 2 is 1.48 bits per heavy atom. The quantitative estimate of drug-likeness (QED) is 0.0127. The average Bonchev–Trinajstić information content (AvgIpc) is 4.27. The lowest BCUT2D eigenvalue weighted by Gasteiger charge is -2.33. The molecule has 2 fully saturated rings. The number of guanidine groups is 1. The van der Waals surface area contributed by atoms with Crippen LogP contribution in [-0.4, -0.2) is 173 Å². The van der Waals surface area contributed by atoms with Gasteiger partial charge in [0.2, 0.25) is 35.4 Å². The van der Waals surface area contributed by atoms with E-state index in [1.165, 1.54) is 59.5 Å². The summed E-state index contributed by atoms with van der Waals surface area (Å²) in [6, 6.07) is 10.9. The fourth-order valence-electron chi connectivity index (χ4n) is 9.48. The first-order valence-corrected chi connectivity index (χ1v) is 28.7. The number of carboxylic acid groups (broad SMARTS) is 1. The van der Waals surface area contributed by atoms with E-state index < -0.39 is 99.8 Å². The number of benzene rings is 2. The van der Waals surface area contributed by atoms with Gasteiger partial charge in [-0.2, -0.15) is 13.5 Å². The number of nitrogens with two attached hydrogens (primary N) is 3. The summed E-state index contributed by atoms with van der Waals surface area (Å²) in [5.74, 6) is -5.29. The Hall–Kier alpha value is -8.08. The maximum absolute atomic E-state index is 14.3.